The lowest BCUT2D eigenvalue weighted by atomic mass is 10.1. The van der Waals surface area contributed by atoms with Gasteiger partial charge in [0.05, 0.1) is 19.3 Å². The molecule has 1 aliphatic heterocycles. The van der Waals surface area contributed by atoms with Gasteiger partial charge in [0, 0.05) is 23.7 Å². The predicted molar refractivity (Wildman–Crippen MR) is 83.0 cm³/mol. The first-order chi connectivity index (χ1) is 10.8. The predicted octanol–water partition coefficient (Wildman–Crippen LogP) is 2.37. The highest BCUT2D eigenvalue weighted by Gasteiger charge is 2.24. The molecule has 118 valence electrons. The van der Waals surface area contributed by atoms with Crippen molar-refractivity contribution in [1.29, 1.82) is 0 Å². The maximum atomic E-state index is 8.84. The smallest absolute Gasteiger partial charge is 0.324 e. The number of anilines is 1. The first-order valence-electron chi connectivity index (χ1n) is 7.33. The quantitative estimate of drug-likeness (QED) is 0.910. The first kappa shape index (κ1) is 15.3. The zero-order chi connectivity index (χ0) is 15.4. The molecule has 0 amide bonds. The molecule has 1 aliphatic rings. The second-order valence-electron chi connectivity index (χ2n) is 5.22. The molecular weight excluding hydrogens is 306 g/mol. The highest BCUT2D eigenvalue weighted by molar-refractivity contribution is 6.30. The van der Waals surface area contributed by atoms with Crippen molar-refractivity contribution in [2.45, 2.75) is 18.9 Å². The number of ether oxygens (including phenoxy) is 1. The standard InChI is InChI=1S/C15H18ClN3O3/c16-12-4-1-3-11(9-12)14-17-15(22-18-14)19-6-2-5-13(10-19)21-8-7-20/h1,3-4,9,13,20H,2,5-8,10H2. The van der Waals surface area contributed by atoms with Gasteiger partial charge >= 0.3 is 6.01 Å². The van der Waals surface area contributed by atoms with Crippen LogP contribution in [0.15, 0.2) is 28.8 Å². The maximum Gasteiger partial charge on any atom is 0.324 e. The molecule has 1 fully saturated rings. The second kappa shape index (κ2) is 7.09. The normalized spacial score (nSPS) is 18.6. The average Bonchev–Trinajstić information content (AvgIpc) is 3.03. The summed E-state index contributed by atoms with van der Waals surface area (Å²) in [5.74, 6) is 0.524. The van der Waals surface area contributed by atoms with Crippen LogP contribution in [0, 0.1) is 0 Å². The maximum absolute atomic E-state index is 8.84. The van der Waals surface area contributed by atoms with Gasteiger partial charge in [-0.2, -0.15) is 4.98 Å². The zero-order valence-electron chi connectivity index (χ0n) is 12.1. The largest absolute Gasteiger partial charge is 0.394 e. The molecule has 1 unspecified atom stereocenters. The number of aliphatic hydroxyl groups excluding tert-OH is 1. The van der Waals surface area contributed by atoms with Gasteiger partial charge in [-0.05, 0) is 25.0 Å². The third kappa shape index (κ3) is 3.58. The van der Waals surface area contributed by atoms with Crippen LogP contribution in [0.3, 0.4) is 0 Å². The fraction of sp³-hybridized carbons (Fsp3) is 0.467. The molecule has 1 aromatic heterocycles. The molecule has 2 aromatic rings. The Kier molecular flexibility index (Phi) is 4.92. The van der Waals surface area contributed by atoms with E-state index in [0.29, 0.717) is 30.0 Å². The van der Waals surface area contributed by atoms with E-state index in [0.717, 1.165) is 24.9 Å². The third-order valence-electron chi connectivity index (χ3n) is 3.59. The lowest BCUT2D eigenvalue weighted by Gasteiger charge is -2.30. The van der Waals surface area contributed by atoms with Crippen molar-refractivity contribution in [2.24, 2.45) is 0 Å². The molecule has 22 heavy (non-hydrogen) atoms. The summed E-state index contributed by atoms with van der Waals surface area (Å²) in [7, 11) is 0. The molecular formula is C15H18ClN3O3. The summed E-state index contributed by atoms with van der Waals surface area (Å²) in [4.78, 5) is 6.46. The van der Waals surface area contributed by atoms with Crippen LogP contribution >= 0.6 is 11.6 Å². The van der Waals surface area contributed by atoms with Gasteiger partial charge in [0.2, 0.25) is 5.82 Å². The number of hydrogen-bond donors (Lipinski definition) is 1. The lowest BCUT2D eigenvalue weighted by molar-refractivity contribution is 0.0206. The van der Waals surface area contributed by atoms with Crippen LogP contribution in [0.1, 0.15) is 12.8 Å². The fourth-order valence-corrected chi connectivity index (χ4v) is 2.75. The van der Waals surface area contributed by atoms with Crippen LogP contribution in [0.25, 0.3) is 11.4 Å². The summed E-state index contributed by atoms with van der Waals surface area (Å²) >= 11 is 5.98. The molecule has 0 saturated carbocycles. The number of rotatable bonds is 5. The number of aromatic nitrogens is 2. The minimum Gasteiger partial charge on any atom is -0.394 e. The van der Waals surface area contributed by atoms with Crippen LogP contribution in [-0.2, 0) is 4.74 Å². The first-order valence-corrected chi connectivity index (χ1v) is 7.71. The van der Waals surface area contributed by atoms with Gasteiger partial charge in [-0.25, -0.2) is 0 Å². The topological polar surface area (TPSA) is 71.6 Å². The highest BCUT2D eigenvalue weighted by Crippen LogP contribution is 2.24. The summed E-state index contributed by atoms with van der Waals surface area (Å²) in [6.45, 7) is 1.94. The molecule has 1 N–H and O–H groups in total. The van der Waals surface area contributed by atoms with Crippen molar-refractivity contribution in [1.82, 2.24) is 10.1 Å². The van der Waals surface area contributed by atoms with Crippen LogP contribution in [0.4, 0.5) is 6.01 Å². The van der Waals surface area contributed by atoms with Crippen LogP contribution in [0.5, 0.6) is 0 Å². The second-order valence-corrected chi connectivity index (χ2v) is 5.65. The number of hydrogen-bond acceptors (Lipinski definition) is 6. The molecule has 7 heteroatoms. The summed E-state index contributed by atoms with van der Waals surface area (Å²) in [5, 5.41) is 13.5. The Balaban J connectivity index is 1.70. The van der Waals surface area contributed by atoms with Gasteiger partial charge < -0.3 is 19.3 Å². The Bertz CT molecular complexity index is 620. The summed E-state index contributed by atoms with van der Waals surface area (Å²) < 4.78 is 11.0. The van der Waals surface area contributed by atoms with Crippen molar-refractivity contribution >= 4 is 17.6 Å². The lowest BCUT2D eigenvalue weighted by Crippen LogP contribution is -2.40. The van der Waals surface area contributed by atoms with E-state index in [9.17, 15) is 0 Å². The van der Waals surface area contributed by atoms with Gasteiger partial charge in [-0.15, -0.1) is 0 Å². The molecule has 1 saturated heterocycles. The fourth-order valence-electron chi connectivity index (χ4n) is 2.56. The number of benzene rings is 1. The number of nitrogens with zero attached hydrogens (tertiary/aromatic N) is 3. The number of piperidine rings is 1. The average molecular weight is 324 g/mol. The van der Waals surface area contributed by atoms with Gasteiger partial charge in [-0.1, -0.05) is 28.9 Å². The number of halogens is 1. The summed E-state index contributed by atoms with van der Waals surface area (Å²) in [6, 6.07) is 7.85. The molecule has 0 spiro atoms. The van der Waals surface area contributed by atoms with E-state index < -0.39 is 0 Å². The van der Waals surface area contributed by atoms with Crippen LogP contribution in [-0.4, -0.2) is 47.7 Å². The van der Waals surface area contributed by atoms with Crippen molar-refractivity contribution in [3.63, 3.8) is 0 Å². The van der Waals surface area contributed by atoms with E-state index in [1.807, 2.05) is 17.0 Å². The van der Waals surface area contributed by atoms with Crippen LogP contribution in [0.2, 0.25) is 5.02 Å². The summed E-state index contributed by atoms with van der Waals surface area (Å²) in [6.07, 6.45) is 2.05. The molecule has 0 radical (unpaired) electrons. The van der Waals surface area contributed by atoms with Crippen molar-refractivity contribution in [3.05, 3.63) is 29.3 Å². The molecule has 3 rings (SSSR count). The minimum absolute atomic E-state index is 0.0377. The number of aliphatic hydroxyl groups is 1. The monoisotopic (exact) mass is 323 g/mol. The molecule has 0 bridgehead atoms. The molecule has 2 heterocycles. The Morgan fingerprint density at radius 3 is 3.18 bits per heavy atom. The van der Waals surface area contributed by atoms with E-state index in [4.69, 9.17) is 26.0 Å². The Labute approximate surface area is 133 Å². The van der Waals surface area contributed by atoms with Gasteiger partial charge in [0.25, 0.3) is 0 Å². The van der Waals surface area contributed by atoms with Gasteiger partial charge in [-0.3, -0.25) is 0 Å². The van der Waals surface area contributed by atoms with E-state index in [-0.39, 0.29) is 12.7 Å². The molecule has 0 aliphatic carbocycles. The highest BCUT2D eigenvalue weighted by atomic mass is 35.5. The Hall–Kier alpha value is -1.63. The Morgan fingerprint density at radius 2 is 2.36 bits per heavy atom. The molecule has 1 aromatic carbocycles. The Morgan fingerprint density at radius 1 is 1.45 bits per heavy atom. The van der Waals surface area contributed by atoms with E-state index in [1.165, 1.54) is 0 Å². The van der Waals surface area contributed by atoms with Gasteiger partial charge in [0.15, 0.2) is 0 Å². The molecule has 1 atom stereocenters. The third-order valence-corrected chi connectivity index (χ3v) is 3.83. The van der Waals surface area contributed by atoms with Crippen molar-refractivity contribution in [3.8, 4) is 11.4 Å². The van der Waals surface area contributed by atoms with E-state index >= 15 is 0 Å². The van der Waals surface area contributed by atoms with E-state index in [2.05, 4.69) is 10.1 Å². The van der Waals surface area contributed by atoms with Crippen LogP contribution < -0.4 is 4.90 Å². The van der Waals surface area contributed by atoms with Crippen molar-refractivity contribution < 1.29 is 14.4 Å². The molecule has 6 nitrogen and oxygen atoms in total. The van der Waals surface area contributed by atoms with E-state index in [1.54, 1.807) is 12.1 Å². The van der Waals surface area contributed by atoms with Crippen molar-refractivity contribution in [2.75, 3.05) is 31.2 Å². The SMILES string of the molecule is OCCOC1CCCN(c2nc(-c3cccc(Cl)c3)no2)C1. The van der Waals surface area contributed by atoms with Gasteiger partial charge in [0.1, 0.15) is 0 Å². The minimum atomic E-state index is 0.0377. The zero-order valence-corrected chi connectivity index (χ0v) is 12.9. The summed E-state index contributed by atoms with van der Waals surface area (Å²) in [5.41, 5.74) is 0.826.